The van der Waals surface area contributed by atoms with Gasteiger partial charge in [0.2, 0.25) is 5.78 Å². The second-order valence-corrected chi connectivity index (χ2v) is 3.25. The fourth-order valence-electron chi connectivity index (χ4n) is 1.78. The van der Waals surface area contributed by atoms with Crippen molar-refractivity contribution < 1.29 is 0 Å². The van der Waals surface area contributed by atoms with Crippen LogP contribution >= 0.6 is 0 Å². The molecule has 3 rings (SSSR count). The van der Waals surface area contributed by atoms with Crippen molar-refractivity contribution in [1.29, 1.82) is 0 Å². The Labute approximate surface area is 80.4 Å². The highest BCUT2D eigenvalue weighted by Gasteiger charge is 2.07. The summed E-state index contributed by atoms with van der Waals surface area (Å²) in [4.78, 5) is 7.48. The zero-order chi connectivity index (χ0) is 9.54. The zero-order valence-electron chi connectivity index (χ0n) is 7.57. The van der Waals surface area contributed by atoms with Crippen LogP contribution in [-0.2, 0) is 6.54 Å². The molecule has 0 bridgehead atoms. The maximum absolute atomic E-state index is 5.64. The first-order valence-corrected chi connectivity index (χ1v) is 4.53. The molecule has 0 saturated heterocycles. The van der Waals surface area contributed by atoms with E-state index in [1.165, 1.54) is 0 Å². The van der Waals surface area contributed by atoms with Crippen molar-refractivity contribution in [3.8, 4) is 0 Å². The third-order valence-corrected chi connectivity index (χ3v) is 2.44. The molecule has 0 aliphatic carbocycles. The monoisotopic (exact) mass is 186 g/mol. The molecule has 0 amide bonds. The first-order chi connectivity index (χ1) is 6.90. The number of para-hydroxylation sites is 2. The smallest absolute Gasteiger partial charge is 0.212 e. The van der Waals surface area contributed by atoms with Gasteiger partial charge in [-0.2, -0.15) is 0 Å². The Morgan fingerprint density at radius 2 is 2.21 bits per heavy atom. The van der Waals surface area contributed by atoms with Crippen molar-refractivity contribution in [3.63, 3.8) is 0 Å². The summed E-state index contributed by atoms with van der Waals surface area (Å²) in [6.07, 6.45) is 1.80. The van der Waals surface area contributed by atoms with Crippen molar-refractivity contribution in [1.82, 2.24) is 14.4 Å². The number of H-pyrrole nitrogens is 1. The molecule has 2 aromatic heterocycles. The molecule has 3 aromatic rings. The maximum atomic E-state index is 5.64. The minimum atomic E-state index is 0.503. The van der Waals surface area contributed by atoms with Crippen molar-refractivity contribution in [2.24, 2.45) is 5.73 Å². The number of hydrogen-bond acceptors (Lipinski definition) is 2. The Hall–Kier alpha value is -1.81. The van der Waals surface area contributed by atoms with Gasteiger partial charge in [0.1, 0.15) is 0 Å². The molecule has 0 atom stereocenters. The lowest BCUT2D eigenvalue weighted by molar-refractivity contribution is 0.981. The summed E-state index contributed by atoms with van der Waals surface area (Å²) >= 11 is 0. The van der Waals surface area contributed by atoms with Crippen LogP contribution in [-0.4, -0.2) is 14.4 Å². The predicted molar refractivity (Wildman–Crippen MR) is 54.9 cm³/mol. The van der Waals surface area contributed by atoms with Gasteiger partial charge in [0.15, 0.2) is 0 Å². The lowest BCUT2D eigenvalue weighted by Crippen LogP contribution is -1.99. The normalized spacial score (nSPS) is 11.5. The fourth-order valence-corrected chi connectivity index (χ4v) is 1.78. The minimum absolute atomic E-state index is 0.503. The lowest BCUT2D eigenvalue weighted by Gasteiger charge is -1.94. The number of aromatic amines is 1. The van der Waals surface area contributed by atoms with Gasteiger partial charge in [0.05, 0.1) is 22.9 Å². The van der Waals surface area contributed by atoms with E-state index in [9.17, 15) is 0 Å². The Kier molecular flexibility index (Phi) is 1.40. The van der Waals surface area contributed by atoms with Crippen LogP contribution in [0.3, 0.4) is 0 Å². The molecule has 0 unspecified atom stereocenters. The van der Waals surface area contributed by atoms with Crippen LogP contribution < -0.4 is 5.73 Å². The molecular formula is C10H10N4. The molecule has 4 heteroatoms. The number of aromatic nitrogens is 3. The summed E-state index contributed by atoms with van der Waals surface area (Å²) in [6, 6.07) is 8.10. The third kappa shape index (κ3) is 0.831. The highest BCUT2D eigenvalue weighted by Crippen LogP contribution is 2.17. The molecular weight excluding hydrogens is 176 g/mol. The van der Waals surface area contributed by atoms with E-state index in [1.807, 2.05) is 18.2 Å². The summed E-state index contributed by atoms with van der Waals surface area (Å²) in [5.74, 6) is 0.853. The van der Waals surface area contributed by atoms with Gasteiger partial charge in [-0.3, -0.25) is 4.40 Å². The first kappa shape index (κ1) is 7.58. The van der Waals surface area contributed by atoms with Gasteiger partial charge in [-0.15, -0.1) is 0 Å². The summed E-state index contributed by atoms with van der Waals surface area (Å²) in [7, 11) is 0. The number of nitrogens with one attached hydrogen (secondary N) is 1. The summed E-state index contributed by atoms with van der Waals surface area (Å²) < 4.78 is 2.05. The molecule has 4 nitrogen and oxygen atoms in total. The van der Waals surface area contributed by atoms with Crippen molar-refractivity contribution in [2.45, 2.75) is 6.54 Å². The molecule has 70 valence electrons. The van der Waals surface area contributed by atoms with Gasteiger partial charge < -0.3 is 10.7 Å². The average molecular weight is 186 g/mol. The molecule has 3 N–H and O–H groups in total. The molecule has 0 saturated carbocycles. The average Bonchev–Trinajstić information content (AvgIpc) is 2.75. The summed E-state index contributed by atoms with van der Waals surface area (Å²) in [5.41, 5.74) is 8.87. The van der Waals surface area contributed by atoms with E-state index in [0.29, 0.717) is 6.54 Å². The molecule has 2 heterocycles. The van der Waals surface area contributed by atoms with Gasteiger partial charge in [-0.1, -0.05) is 12.1 Å². The van der Waals surface area contributed by atoms with Crippen LogP contribution in [0, 0.1) is 0 Å². The summed E-state index contributed by atoms with van der Waals surface area (Å²) in [6.45, 7) is 0.503. The molecule has 0 fully saturated rings. The minimum Gasteiger partial charge on any atom is -0.325 e. The second-order valence-electron chi connectivity index (χ2n) is 3.25. The van der Waals surface area contributed by atoms with E-state index in [4.69, 9.17) is 5.73 Å². The van der Waals surface area contributed by atoms with Crippen LogP contribution in [0.15, 0.2) is 30.5 Å². The number of imidazole rings is 2. The van der Waals surface area contributed by atoms with Crippen molar-refractivity contribution in [2.75, 3.05) is 0 Å². The summed E-state index contributed by atoms with van der Waals surface area (Å²) in [5, 5.41) is 0. The number of hydrogen-bond donors (Lipinski definition) is 2. The van der Waals surface area contributed by atoms with E-state index >= 15 is 0 Å². The number of rotatable bonds is 1. The van der Waals surface area contributed by atoms with E-state index in [0.717, 1.165) is 22.5 Å². The van der Waals surface area contributed by atoms with Crippen LogP contribution in [0.5, 0.6) is 0 Å². The third-order valence-electron chi connectivity index (χ3n) is 2.44. The van der Waals surface area contributed by atoms with Crippen molar-refractivity contribution >= 4 is 16.8 Å². The van der Waals surface area contributed by atoms with Crippen LogP contribution in [0.25, 0.3) is 16.8 Å². The highest BCUT2D eigenvalue weighted by atomic mass is 15.1. The Morgan fingerprint density at radius 1 is 1.36 bits per heavy atom. The van der Waals surface area contributed by atoms with E-state index in [1.54, 1.807) is 6.20 Å². The Bertz CT molecular complexity index is 590. The Morgan fingerprint density at radius 3 is 3.07 bits per heavy atom. The molecule has 1 aromatic carbocycles. The quantitative estimate of drug-likeness (QED) is 0.601. The number of nitrogens with zero attached hydrogens (tertiary/aromatic N) is 2. The van der Waals surface area contributed by atoms with E-state index in [2.05, 4.69) is 20.4 Å². The molecule has 14 heavy (non-hydrogen) atoms. The standard InChI is InChI=1S/C10H10N4/c11-5-7-6-12-10-13-8-3-1-2-4-9(8)14(7)10/h1-4,6H,5,11H2,(H,12,13). The number of benzene rings is 1. The predicted octanol–water partition coefficient (Wildman–Crippen LogP) is 1.27. The lowest BCUT2D eigenvalue weighted by atomic mass is 10.3. The van der Waals surface area contributed by atoms with Crippen molar-refractivity contribution in [3.05, 3.63) is 36.2 Å². The molecule has 0 aliphatic rings. The largest absolute Gasteiger partial charge is 0.325 e. The zero-order valence-corrected chi connectivity index (χ0v) is 7.57. The van der Waals surface area contributed by atoms with E-state index in [-0.39, 0.29) is 0 Å². The van der Waals surface area contributed by atoms with Gasteiger partial charge in [0.25, 0.3) is 0 Å². The maximum Gasteiger partial charge on any atom is 0.212 e. The number of fused-ring (bicyclic) bond motifs is 3. The van der Waals surface area contributed by atoms with E-state index < -0.39 is 0 Å². The fraction of sp³-hybridized carbons (Fsp3) is 0.100. The van der Waals surface area contributed by atoms with Gasteiger partial charge in [-0.25, -0.2) is 4.98 Å². The number of nitrogens with two attached hydrogens (primary N) is 1. The highest BCUT2D eigenvalue weighted by molar-refractivity contribution is 5.79. The van der Waals surface area contributed by atoms with Gasteiger partial charge in [0, 0.05) is 6.54 Å². The molecule has 0 radical (unpaired) electrons. The van der Waals surface area contributed by atoms with Crippen LogP contribution in [0.2, 0.25) is 0 Å². The van der Waals surface area contributed by atoms with Gasteiger partial charge >= 0.3 is 0 Å². The molecule has 0 spiro atoms. The van der Waals surface area contributed by atoms with Gasteiger partial charge in [-0.05, 0) is 12.1 Å². The first-order valence-electron chi connectivity index (χ1n) is 4.53. The van der Waals surface area contributed by atoms with Crippen LogP contribution in [0.4, 0.5) is 0 Å². The topological polar surface area (TPSA) is 59.1 Å². The SMILES string of the molecule is NCc1cnc2[nH]c3ccccc3n12. The second kappa shape index (κ2) is 2.59. The Balaban J connectivity index is 2.54. The molecule has 0 aliphatic heterocycles. The van der Waals surface area contributed by atoms with Crippen LogP contribution in [0.1, 0.15) is 5.69 Å².